The van der Waals surface area contributed by atoms with Crippen LogP contribution in [0.15, 0.2) is 4.99 Å². The molecule has 0 bridgehead atoms. The molecule has 6 heteroatoms. The van der Waals surface area contributed by atoms with E-state index in [2.05, 4.69) is 36.4 Å². The van der Waals surface area contributed by atoms with E-state index in [1.807, 2.05) is 0 Å². The molecule has 1 aliphatic heterocycles. The Balaban J connectivity index is 1.93. The van der Waals surface area contributed by atoms with Crippen molar-refractivity contribution >= 4 is 11.9 Å². The maximum Gasteiger partial charge on any atom is 0.243 e. The van der Waals surface area contributed by atoms with Gasteiger partial charge in [-0.25, -0.2) is 4.99 Å². The third kappa shape index (κ3) is 6.01. The molecule has 0 aromatic heterocycles. The highest BCUT2D eigenvalue weighted by Crippen LogP contribution is 2.29. The molecular formula is C17H32N4O2. The number of hydrogen-bond acceptors (Lipinski definition) is 3. The van der Waals surface area contributed by atoms with E-state index in [0.717, 1.165) is 25.4 Å². The number of ether oxygens (including phenoxy) is 1. The van der Waals surface area contributed by atoms with Gasteiger partial charge in [-0.2, -0.15) is 0 Å². The van der Waals surface area contributed by atoms with Crippen molar-refractivity contribution in [3.63, 3.8) is 0 Å². The lowest BCUT2D eigenvalue weighted by molar-refractivity contribution is -0.127. The Kier molecular flexibility index (Phi) is 5.89. The number of likely N-dealkylation sites (N-methyl/N-ethyl adjacent to an activating group) is 1. The van der Waals surface area contributed by atoms with E-state index in [1.165, 1.54) is 12.8 Å². The van der Waals surface area contributed by atoms with Gasteiger partial charge in [0.05, 0.1) is 6.10 Å². The van der Waals surface area contributed by atoms with E-state index in [1.54, 1.807) is 19.0 Å². The van der Waals surface area contributed by atoms with Crippen molar-refractivity contribution in [3.8, 4) is 0 Å². The van der Waals surface area contributed by atoms with Gasteiger partial charge in [-0.05, 0) is 31.1 Å². The number of rotatable bonds is 4. The number of carbonyl (C=O) groups excluding carboxylic acids is 1. The average Bonchev–Trinajstić information content (AvgIpc) is 3.27. The fraction of sp³-hybridized carbons (Fsp3) is 0.882. The predicted molar refractivity (Wildman–Crippen MR) is 92.5 cm³/mol. The van der Waals surface area contributed by atoms with Crippen LogP contribution in [-0.2, 0) is 9.53 Å². The van der Waals surface area contributed by atoms with Crippen molar-refractivity contribution in [1.29, 1.82) is 0 Å². The van der Waals surface area contributed by atoms with Crippen molar-refractivity contribution in [2.75, 3.05) is 27.2 Å². The van der Waals surface area contributed by atoms with Gasteiger partial charge in [-0.15, -0.1) is 0 Å². The van der Waals surface area contributed by atoms with Crippen LogP contribution in [0.5, 0.6) is 0 Å². The Morgan fingerprint density at radius 1 is 1.17 bits per heavy atom. The molecule has 2 unspecified atom stereocenters. The molecule has 0 radical (unpaired) electrons. The molecular weight excluding hydrogens is 292 g/mol. The fourth-order valence-electron chi connectivity index (χ4n) is 2.57. The van der Waals surface area contributed by atoms with Gasteiger partial charge in [0, 0.05) is 32.8 Å². The van der Waals surface area contributed by atoms with Crippen LogP contribution in [0, 0.1) is 5.41 Å². The van der Waals surface area contributed by atoms with Crippen molar-refractivity contribution in [2.45, 2.75) is 64.6 Å². The molecule has 0 spiro atoms. The zero-order valence-corrected chi connectivity index (χ0v) is 15.2. The lowest BCUT2D eigenvalue weighted by Crippen LogP contribution is -2.50. The first-order valence-corrected chi connectivity index (χ1v) is 8.65. The Labute approximate surface area is 140 Å². The SMILES string of the molecule is CN(C)C(=O)CN=C(NC1CC1)NC1CCOC(C(C)(C)C)C1. The molecule has 2 atom stereocenters. The Morgan fingerprint density at radius 2 is 1.83 bits per heavy atom. The quantitative estimate of drug-likeness (QED) is 0.605. The number of carbonyl (C=O) groups is 1. The first kappa shape index (κ1) is 18.0. The topological polar surface area (TPSA) is 66.0 Å². The van der Waals surface area contributed by atoms with E-state index in [0.29, 0.717) is 12.1 Å². The van der Waals surface area contributed by atoms with Gasteiger partial charge in [0.1, 0.15) is 6.54 Å². The number of hydrogen-bond donors (Lipinski definition) is 2. The molecule has 2 N–H and O–H groups in total. The minimum Gasteiger partial charge on any atom is -0.378 e. The fourth-order valence-corrected chi connectivity index (χ4v) is 2.57. The van der Waals surface area contributed by atoms with Gasteiger partial charge in [0.15, 0.2) is 5.96 Å². The third-order valence-corrected chi connectivity index (χ3v) is 4.38. The lowest BCUT2D eigenvalue weighted by Gasteiger charge is -2.38. The largest absolute Gasteiger partial charge is 0.378 e. The maximum atomic E-state index is 11.8. The molecule has 1 saturated carbocycles. The van der Waals surface area contributed by atoms with Crippen LogP contribution in [0.25, 0.3) is 0 Å². The van der Waals surface area contributed by atoms with Crippen molar-refractivity contribution in [2.24, 2.45) is 10.4 Å². The molecule has 1 saturated heterocycles. The van der Waals surface area contributed by atoms with Gasteiger partial charge in [-0.3, -0.25) is 4.79 Å². The van der Waals surface area contributed by atoms with Gasteiger partial charge in [0.2, 0.25) is 5.91 Å². The average molecular weight is 324 g/mol. The standard InChI is InChI=1S/C17H32N4O2/c1-17(2,3)14-10-13(8-9-23-14)20-16(19-12-6-7-12)18-11-15(22)21(4)5/h12-14H,6-11H2,1-5H3,(H2,18,19,20). The smallest absolute Gasteiger partial charge is 0.243 e. The lowest BCUT2D eigenvalue weighted by atomic mass is 9.83. The van der Waals surface area contributed by atoms with Gasteiger partial charge >= 0.3 is 0 Å². The zero-order chi connectivity index (χ0) is 17.0. The summed E-state index contributed by atoms with van der Waals surface area (Å²) in [5.41, 5.74) is 0.141. The van der Waals surface area contributed by atoms with Crippen LogP contribution in [0.3, 0.4) is 0 Å². The monoisotopic (exact) mass is 324 g/mol. The Bertz CT molecular complexity index is 438. The molecule has 6 nitrogen and oxygen atoms in total. The van der Waals surface area contributed by atoms with Crippen LogP contribution in [-0.4, -0.2) is 62.2 Å². The van der Waals surface area contributed by atoms with Gasteiger partial charge in [-0.1, -0.05) is 20.8 Å². The van der Waals surface area contributed by atoms with E-state index in [-0.39, 0.29) is 24.0 Å². The molecule has 2 rings (SSSR count). The number of nitrogens with zero attached hydrogens (tertiary/aromatic N) is 2. The summed E-state index contributed by atoms with van der Waals surface area (Å²) in [7, 11) is 3.51. The van der Waals surface area contributed by atoms with Crippen molar-refractivity contribution in [3.05, 3.63) is 0 Å². The van der Waals surface area contributed by atoms with E-state index in [4.69, 9.17) is 4.74 Å². The summed E-state index contributed by atoms with van der Waals surface area (Å²) in [6.07, 6.45) is 4.55. The minimum atomic E-state index is 0.0152. The highest BCUT2D eigenvalue weighted by Gasteiger charge is 2.32. The summed E-state index contributed by atoms with van der Waals surface area (Å²) in [5.74, 6) is 0.781. The molecule has 2 fully saturated rings. The van der Waals surface area contributed by atoms with E-state index in [9.17, 15) is 4.79 Å². The summed E-state index contributed by atoms with van der Waals surface area (Å²) in [4.78, 5) is 17.8. The normalized spacial score (nSPS) is 25.9. The second-order valence-corrected chi connectivity index (χ2v) is 7.96. The number of nitrogens with one attached hydrogen (secondary N) is 2. The number of guanidine groups is 1. The summed E-state index contributed by atoms with van der Waals surface area (Å²) in [5, 5.41) is 6.93. The predicted octanol–water partition coefficient (Wildman–Crippen LogP) is 1.37. The van der Waals surface area contributed by atoms with Crippen molar-refractivity contribution < 1.29 is 9.53 Å². The first-order chi connectivity index (χ1) is 10.8. The molecule has 1 heterocycles. The molecule has 1 amide bonds. The summed E-state index contributed by atoms with van der Waals surface area (Å²) in [6, 6.07) is 0.849. The van der Waals surface area contributed by atoms with Crippen LogP contribution < -0.4 is 10.6 Å². The van der Waals surface area contributed by atoms with Crippen LogP contribution >= 0.6 is 0 Å². The number of aliphatic imine (C=N–C) groups is 1. The van der Waals surface area contributed by atoms with Gasteiger partial charge in [0.25, 0.3) is 0 Å². The molecule has 0 aromatic rings. The second kappa shape index (κ2) is 7.51. The Morgan fingerprint density at radius 3 is 2.39 bits per heavy atom. The van der Waals surface area contributed by atoms with Gasteiger partial charge < -0.3 is 20.3 Å². The summed E-state index contributed by atoms with van der Waals surface area (Å²) < 4.78 is 5.92. The van der Waals surface area contributed by atoms with Crippen molar-refractivity contribution in [1.82, 2.24) is 15.5 Å². The Hall–Kier alpha value is -1.30. The first-order valence-electron chi connectivity index (χ1n) is 8.65. The molecule has 132 valence electrons. The van der Waals surface area contributed by atoms with Crippen LogP contribution in [0.1, 0.15) is 46.5 Å². The molecule has 2 aliphatic rings. The second-order valence-electron chi connectivity index (χ2n) is 7.96. The number of amides is 1. The highest BCUT2D eigenvalue weighted by molar-refractivity contribution is 5.85. The molecule has 23 heavy (non-hydrogen) atoms. The summed E-state index contributed by atoms with van der Waals surface area (Å²) in [6.45, 7) is 7.60. The van der Waals surface area contributed by atoms with Crippen LogP contribution in [0.4, 0.5) is 0 Å². The van der Waals surface area contributed by atoms with E-state index < -0.39 is 0 Å². The minimum absolute atomic E-state index is 0.0152. The molecule has 0 aromatic carbocycles. The highest BCUT2D eigenvalue weighted by atomic mass is 16.5. The summed E-state index contributed by atoms with van der Waals surface area (Å²) >= 11 is 0. The van der Waals surface area contributed by atoms with Crippen LogP contribution in [0.2, 0.25) is 0 Å². The zero-order valence-electron chi connectivity index (χ0n) is 15.2. The van der Waals surface area contributed by atoms with E-state index >= 15 is 0 Å². The third-order valence-electron chi connectivity index (χ3n) is 4.38. The maximum absolute atomic E-state index is 11.8. The molecule has 1 aliphatic carbocycles.